The van der Waals surface area contributed by atoms with Crippen LogP contribution in [0.15, 0.2) is 36.4 Å². The maximum absolute atomic E-state index is 13.4. The SMILES string of the molecule is COC(=O)CCCCC(=O)Nc1ccc(NC(=O)CCNCC(=O)OC)c2c1C(=O)c1ccccc1C2=O. The fraction of sp³-hybridized carbons (Fsp3) is 0.333. The Morgan fingerprint density at radius 3 is 1.71 bits per heavy atom. The van der Waals surface area contributed by atoms with E-state index in [0.717, 1.165) is 0 Å². The standard InChI is InChI=1S/C27H29N3O8/c1-37-22(33)10-6-5-9-20(31)29-18-11-12-19(30-21(32)13-14-28-15-23(34)38-2)25-24(18)26(35)16-7-3-4-8-17(16)27(25)36/h3-4,7-8,11-12,28H,5-6,9-10,13-15H2,1-2H3,(H,29,31)(H,30,32). The molecule has 11 nitrogen and oxygen atoms in total. The van der Waals surface area contributed by atoms with Crippen LogP contribution in [0, 0.1) is 0 Å². The Bertz CT molecular complexity index is 1170. The first kappa shape index (κ1) is 28.2. The fourth-order valence-corrected chi connectivity index (χ4v) is 3.98. The lowest BCUT2D eigenvalue weighted by Crippen LogP contribution is -2.29. The van der Waals surface area contributed by atoms with Gasteiger partial charge in [0.15, 0.2) is 11.6 Å². The zero-order valence-electron chi connectivity index (χ0n) is 21.2. The van der Waals surface area contributed by atoms with Crippen molar-refractivity contribution in [2.75, 3.05) is 37.9 Å². The quantitative estimate of drug-likeness (QED) is 0.239. The number of amides is 2. The van der Waals surface area contributed by atoms with Gasteiger partial charge in [0.25, 0.3) is 0 Å². The number of carbonyl (C=O) groups is 6. The van der Waals surface area contributed by atoms with E-state index in [1.165, 1.54) is 38.5 Å². The number of rotatable bonds is 12. The molecule has 0 spiro atoms. The summed E-state index contributed by atoms with van der Waals surface area (Å²) in [7, 11) is 2.55. The zero-order chi connectivity index (χ0) is 27.7. The van der Waals surface area contributed by atoms with Crippen molar-refractivity contribution in [3.05, 3.63) is 58.7 Å². The molecule has 38 heavy (non-hydrogen) atoms. The Morgan fingerprint density at radius 2 is 1.18 bits per heavy atom. The van der Waals surface area contributed by atoms with E-state index in [4.69, 9.17) is 0 Å². The lowest BCUT2D eigenvalue weighted by Gasteiger charge is -2.23. The predicted molar refractivity (Wildman–Crippen MR) is 137 cm³/mol. The Hall–Kier alpha value is -4.38. The molecule has 2 aromatic rings. The van der Waals surface area contributed by atoms with E-state index in [0.29, 0.717) is 12.8 Å². The summed E-state index contributed by atoms with van der Waals surface area (Å²) in [6.07, 6.45) is 1.17. The highest BCUT2D eigenvalue weighted by atomic mass is 16.5. The topological polar surface area (TPSA) is 157 Å². The molecule has 0 atom stereocenters. The highest BCUT2D eigenvalue weighted by Crippen LogP contribution is 2.36. The Morgan fingerprint density at radius 1 is 0.684 bits per heavy atom. The molecule has 0 aliphatic heterocycles. The zero-order valence-corrected chi connectivity index (χ0v) is 21.2. The van der Waals surface area contributed by atoms with E-state index >= 15 is 0 Å². The molecule has 0 heterocycles. The summed E-state index contributed by atoms with van der Waals surface area (Å²) in [5.74, 6) is -2.56. The van der Waals surface area contributed by atoms with Gasteiger partial charge in [0.1, 0.15) is 0 Å². The molecule has 0 unspecified atom stereocenters. The van der Waals surface area contributed by atoms with Gasteiger partial charge in [-0.05, 0) is 25.0 Å². The molecule has 1 aliphatic carbocycles. The molecule has 3 N–H and O–H groups in total. The van der Waals surface area contributed by atoms with Gasteiger partial charge in [-0.1, -0.05) is 24.3 Å². The molecule has 200 valence electrons. The molecule has 11 heteroatoms. The number of unbranched alkanes of at least 4 members (excludes halogenated alkanes) is 1. The summed E-state index contributed by atoms with van der Waals surface area (Å²) in [5.41, 5.74) is 0.692. The minimum Gasteiger partial charge on any atom is -0.469 e. The van der Waals surface area contributed by atoms with Crippen molar-refractivity contribution in [2.45, 2.75) is 32.1 Å². The first-order chi connectivity index (χ1) is 18.3. The number of hydrogen-bond acceptors (Lipinski definition) is 9. The molecular formula is C27H29N3O8. The van der Waals surface area contributed by atoms with Crippen LogP contribution < -0.4 is 16.0 Å². The molecule has 0 saturated heterocycles. The molecule has 3 rings (SSSR count). The van der Waals surface area contributed by atoms with E-state index in [1.807, 2.05) is 0 Å². The van der Waals surface area contributed by atoms with Crippen molar-refractivity contribution in [3.8, 4) is 0 Å². The van der Waals surface area contributed by atoms with E-state index in [1.54, 1.807) is 12.1 Å². The minimum absolute atomic E-state index is 0.00164. The largest absolute Gasteiger partial charge is 0.469 e. The summed E-state index contributed by atoms with van der Waals surface area (Å²) >= 11 is 0. The second-order valence-corrected chi connectivity index (χ2v) is 8.50. The second-order valence-electron chi connectivity index (χ2n) is 8.50. The van der Waals surface area contributed by atoms with E-state index < -0.39 is 23.4 Å². The monoisotopic (exact) mass is 523 g/mol. The molecular weight excluding hydrogens is 494 g/mol. The van der Waals surface area contributed by atoms with Gasteiger partial charge in [-0.25, -0.2) is 0 Å². The third-order valence-corrected chi connectivity index (χ3v) is 5.91. The van der Waals surface area contributed by atoms with Gasteiger partial charge in [0, 0.05) is 36.9 Å². The first-order valence-electron chi connectivity index (χ1n) is 12.1. The third kappa shape index (κ3) is 6.88. The van der Waals surface area contributed by atoms with Crippen molar-refractivity contribution in [1.29, 1.82) is 0 Å². The fourth-order valence-electron chi connectivity index (χ4n) is 3.98. The van der Waals surface area contributed by atoms with Crippen molar-refractivity contribution in [3.63, 3.8) is 0 Å². The molecule has 0 saturated carbocycles. The highest BCUT2D eigenvalue weighted by Gasteiger charge is 2.34. The van der Waals surface area contributed by atoms with Gasteiger partial charge in [-0.3, -0.25) is 28.8 Å². The molecule has 1 aliphatic rings. The number of esters is 2. The Balaban J connectivity index is 1.81. The Kier molecular flexibility index (Phi) is 9.83. The van der Waals surface area contributed by atoms with Crippen molar-refractivity contribution in [1.82, 2.24) is 5.32 Å². The molecule has 2 aromatic carbocycles. The van der Waals surface area contributed by atoms with Gasteiger partial charge >= 0.3 is 11.9 Å². The van der Waals surface area contributed by atoms with Crippen molar-refractivity contribution >= 4 is 46.7 Å². The summed E-state index contributed by atoms with van der Waals surface area (Å²) in [4.78, 5) is 74.5. The maximum Gasteiger partial charge on any atom is 0.319 e. The van der Waals surface area contributed by atoms with Crippen LogP contribution in [0.3, 0.4) is 0 Å². The third-order valence-electron chi connectivity index (χ3n) is 5.91. The number of hydrogen-bond donors (Lipinski definition) is 3. The van der Waals surface area contributed by atoms with Gasteiger partial charge < -0.3 is 25.4 Å². The van der Waals surface area contributed by atoms with Crippen LogP contribution in [0.1, 0.15) is 63.9 Å². The summed E-state index contributed by atoms with van der Waals surface area (Å²) in [6, 6.07) is 9.28. The average Bonchev–Trinajstić information content (AvgIpc) is 2.92. The summed E-state index contributed by atoms with van der Waals surface area (Å²) in [5, 5.41) is 8.14. The van der Waals surface area contributed by atoms with Crippen LogP contribution in [0.5, 0.6) is 0 Å². The predicted octanol–water partition coefficient (Wildman–Crippen LogP) is 2.23. The Labute approximate surface area is 219 Å². The van der Waals surface area contributed by atoms with E-state index in [-0.39, 0.29) is 77.9 Å². The number of anilines is 2. The number of nitrogens with one attached hydrogen (secondary N) is 3. The number of ether oxygens (including phenoxy) is 2. The lowest BCUT2D eigenvalue weighted by molar-refractivity contribution is -0.141. The van der Waals surface area contributed by atoms with Gasteiger partial charge in [0.2, 0.25) is 11.8 Å². The molecule has 0 radical (unpaired) electrons. The van der Waals surface area contributed by atoms with Crippen LogP contribution in [0.25, 0.3) is 0 Å². The molecule has 0 aromatic heterocycles. The summed E-state index contributed by atoms with van der Waals surface area (Å²) < 4.78 is 9.11. The first-order valence-corrected chi connectivity index (χ1v) is 12.1. The second kappa shape index (κ2) is 13.2. The van der Waals surface area contributed by atoms with Crippen LogP contribution in [-0.4, -0.2) is 62.6 Å². The maximum atomic E-state index is 13.4. The van der Waals surface area contributed by atoms with Gasteiger partial charge in [-0.15, -0.1) is 0 Å². The summed E-state index contributed by atoms with van der Waals surface area (Å²) in [6.45, 7) is 0.128. The van der Waals surface area contributed by atoms with Crippen molar-refractivity contribution < 1.29 is 38.2 Å². The van der Waals surface area contributed by atoms with Gasteiger partial charge in [-0.2, -0.15) is 0 Å². The number of benzene rings is 2. The number of fused-ring (bicyclic) bond motifs is 2. The van der Waals surface area contributed by atoms with Crippen LogP contribution in [0.2, 0.25) is 0 Å². The van der Waals surface area contributed by atoms with Crippen LogP contribution in [-0.2, 0) is 28.7 Å². The number of ketones is 2. The lowest BCUT2D eigenvalue weighted by atomic mass is 9.82. The normalized spacial score (nSPS) is 11.7. The van der Waals surface area contributed by atoms with E-state index in [9.17, 15) is 28.8 Å². The van der Waals surface area contributed by atoms with Crippen LogP contribution in [0.4, 0.5) is 11.4 Å². The molecule has 0 fully saturated rings. The average molecular weight is 524 g/mol. The molecule has 0 bridgehead atoms. The van der Waals surface area contributed by atoms with Crippen molar-refractivity contribution in [2.24, 2.45) is 0 Å². The number of methoxy groups -OCH3 is 2. The molecule has 2 amide bonds. The minimum atomic E-state index is -0.469. The highest BCUT2D eigenvalue weighted by molar-refractivity contribution is 6.32. The van der Waals surface area contributed by atoms with E-state index in [2.05, 4.69) is 25.4 Å². The number of carbonyl (C=O) groups excluding carboxylic acids is 6. The van der Waals surface area contributed by atoms with Crippen LogP contribution >= 0.6 is 0 Å². The smallest absolute Gasteiger partial charge is 0.319 e. The van der Waals surface area contributed by atoms with Gasteiger partial charge in [0.05, 0.1) is 43.3 Å².